The van der Waals surface area contributed by atoms with Crippen molar-refractivity contribution in [2.45, 2.75) is 17.7 Å². The van der Waals surface area contributed by atoms with Crippen LogP contribution in [0.5, 0.6) is 0 Å². The van der Waals surface area contributed by atoms with Crippen molar-refractivity contribution in [1.29, 1.82) is 0 Å². The highest BCUT2D eigenvalue weighted by Crippen LogP contribution is 2.23. The first kappa shape index (κ1) is 16.5. The molecule has 2 amide bonds. The molecular weight excluding hydrogens is 352 g/mol. The second-order valence-electron chi connectivity index (χ2n) is 5.39. The highest BCUT2D eigenvalue weighted by Gasteiger charge is 2.23. The Bertz CT molecular complexity index is 924. The Morgan fingerprint density at radius 1 is 1.00 bits per heavy atom. The molecule has 0 aliphatic heterocycles. The van der Waals surface area contributed by atoms with Gasteiger partial charge in [0, 0.05) is 23.6 Å². The van der Waals surface area contributed by atoms with E-state index in [9.17, 15) is 18.0 Å². The lowest BCUT2D eigenvalue weighted by molar-refractivity contribution is -0.117. The zero-order valence-corrected chi connectivity index (χ0v) is 13.9. The minimum Gasteiger partial charge on any atom is -0.307 e. The van der Waals surface area contributed by atoms with Gasteiger partial charge in [-0.1, -0.05) is 17.7 Å². The Morgan fingerprint density at radius 3 is 2.38 bits per heavy atom. The maximum Gasteiger partial charge on any atom is 0.333 e. The predicted octanol–water partition coefficient (Wildman–Crippen LogP) is 2.52. The van der Waals surface area contributed by atoms with Crippen molar-refractivity contribution in [2.24, 2.45) is 0 Å². The molecule has 2 N–H and O–H groups in total. The molecule has 0 saturated heterocycles. The molecule has 0 fully saturated rings. The summed E-state index contributed by atoms with van der Waals surface area (Å²) in [5, 5.41) is 2.91. The number of halogens is 1. The van der Waals surface area contributed by atoms with Crippen LogP contribution < -0.4 is 10.0 Å². The highest BCUT2D eigenvalue weighted by molar-refractivity contribution is 7.90. The van der Waals surface area contributed by atoms with E-state index < -0.39 is 16.1 Å². The van der Waals surface area contributed by atoms with E-state index in [1.165, 1.54) is 12.1 Å². The van der Waals surface area contributed by atoms with Gasteiger partial charge in [0.05, 0.1) is 4.90 Å². The summed E-state index contributed by atoms with van der Waals surface area (Å²) in [4.78, 5) is 23.3. The number of amides is 2. The van der Waals surface area contributed by atoms with Crippen LogP contribution in [-0.4, -0.2) is 20.2 Å². The van der Waals surface area contributed by atoms with Gasteiger partial charge in [-0.05, 0) is 47.5 Å². The van der Waals surface area contributed by atoms with Gasteiger partial charge in [-0.3, -0.25) is 4.79 Å². The van der Waals surface area contributed by atoms with Gasteiger partial charge in [0.15, 0.2) is 0 Å². The number of fused-ring (bicyclic) bond motifs is 1. The van der Waals surface area contributed by atoms with Crippen LogP contribution in [0, 0.1) is 0 Å². The van der Waals surface area contributed by atoms with E-state index in [1.807, 2.05) is 4.72 Å². The fraction of sp³-hybridized carbons (Fsp3) is 0.125. The Labute approximate surface area is 143 Å². The quantitative estimate of drug-likeness (QED) is 0.875. The Morgan fingerprint density at radius 2 is 1.67 bits per heavy atom. The molecule has 24 heavy (non-hydrogen) atoms. The van der Waals surface area contributed by atoms with Crippen LogP contribution in [0.25, 0.3) is 0 Å². The molecule has 6 nitrogen and oxygen atoms in total. The lowest BCUT2D eigenvalue weighted by Crippen LogP contribution is -2.34. The average molecular weight is 365 g/mol. The topological polar surface area (TPSA) is 92.3 Å². The molecule has 2 aromatic rings. The summed E-state index contributed by atoms with van der Waals surface area (Å²) in [6.45, 7) is 0. The number of sulfonamides is 1. The van der Waals surface area contributed by atoms with Crippen molar-refractivity contribution in [1.82, 2.24) is 4.72 Å². The molecule has 3 rings (SSSR count). The number of hydrogen-bond acceptors (Lipinski definition) is 4. The molecule has 1 aliphatic rings. The van der Waals surface area contributed by atoms with Gasteiger partial charge in [0.1, 0.15) is 5.78 Å². The zero-order valence-electron chi connectivity index (χ0n) is 12.4. The number of nitrogens with one attached hydrogen (secondary N) is 2. The molecule has 0 spiro atoms. The van der Waals surface area contributed by atoms with Crippen LogP contribution in [0.15, 0.2) is 47.4 Å². The zero-order chi connectivity index (χ0) is 17.3. The Balaban J connectivity index is 1.74. The molecule has 0 atom stereocenters. The Hall–Kier alpha value is -2.38. The first-order valence-electron chi connectivity index (χ1n) is 7.06. The maximum atomic E-state index is 12.3. The van der Waals surface area contributed by atoms with E-state index in [1.54, 1.807) is 30.3 Å². The molecule has 0 unspecified atom stereocenters. The lowest BCUT2D eigenvalue weighted by Gasteiger charge is -2.10. The van der Waals surface area contributed by atoms with Crippen molar-refractivity contribution < 1.29 is 18.0 Å². The fourth-order valence-corrected chi connectivity index (χ4v) is 3.55. The van der Waals surface area contributed by atoms with Gasteiger partial charge in [-0.15, -0.1) is 0 Å². The van der Waals surface area contributed by atoms with Crippen LogP contribution in [0.4, 0.5) is 10.5 Å². The van der Waals surface area contributed by atoms with E-state index in [4.69, 9.17) is 11.6 Å². The molecule has 2 aromatic carbocycles. The Kier molecular flexibility index (Phi) is 4.29. The van der Waals surface area contributed by atoms with Gasteiger partial charge in [-0.2, -0.15) is 0 Å². The smallest absolute Gasteiger partial charge is 0.307 e. The summed E-state index contributed by atoms with van der Waals surface area (Å²) in [6, 6.07) is 9.78. The standard InChI is InChI=1S/C16H13ClN2O4S/c17-12-2-4-13(5-3-12)18-16(21)19-24(22,23)15-6-1-10-7-14(20)8-11(10)9-15/h1-6,9H,7-8H2,(H2,18,19,21). The van der Waals surface area contributed by atoms with Gasteiger partial charge in [0.2, 0.25) is 0 Å². The SMILES string of the molecule is O=C1Cc2ccc(S(=O)(=O)NC(=O)Nc3ccc(Cl)cc3)cc2C1. The number of hydrogen-bond donors (Lipinski definition) is 2. The maximum absolute atomic E-state index is 12.3. The first-order chi connectivity index (χ1) is 11.3. The van der Waals surface area contributed by atoms with E-state index >= 15 is 0 Å². The van der Waals surface area contributed by atoms with Gasteiger partial charge in [0.25, 0.3) is 10.0 Å². The molecule has 1 aliphatic carbocycles. The third-order valence-electron chi connectivity index (χ3n) is 3.59. The largest absolute Gasteiger partial charge is 0.333 e. The average Bonchev–Trinajstić information content (AvgIpc) is 2.88. The van der Waals surface area contributed by atoms with Crippen molar-refractivity contribution in [3.05, 3.63) is 58.6 Å². The number of ketones is 1. The number of anilines is 1. The van der Waals surface area contributed by atoms with Crippen LogP contribution in [0.2, 0.25) is 5.02 Å². The minimum atomic E-state index is -4.03. The van der Waals surface area contributed by atoms with E-state index in [-0.39, 0.29) is 17.1 Å². The predicted molar refractivity (Wildman–Crippen MR) is 89.6 cm³/mol. The third-order valence-corrected chi connectivity index (χ3v) is 5.17. The van der Waals surface area contributed by atoms with Crippen LogP contribution in [0.3, 0.4) is 0 Å². The summed E-state index contributed by atoms with van der Waals surface area (Å²) in [5.74, 6) is 0.0491. The summed E-state index contributed by atoms with van der Waals surface area (Å²) in [7, 11) is -4.03. The second-order valence-corrected chi connectivity index (χ2v) is 7.51. The van der Waals surface area contributed by atoms with Crippen LogP contribution in [-0.2, 0) is 27.7 Å². The van der Waals surface area contributed by atoms with Gasteiger partial charge < -0.3 is 5.32 Å². The van der Waals surface area contributed by atoms with E-state index in [2.05, 4.69) is 5.32 Å². The molecule has 0 aromatic heterocycles. The number of rotatable bonds is 3. The van der Waals surface area contributed by atoms with Crippen molar-refractivity contribution >= 4 is 39.1 Å². The fourth-order valence-electron chi connectivity index (χ4n) is 2.46. The molecule has 0 radical (unpaired) electrons. The van der Waals surface area contributed by atoms with E-state index in [0.29, 0.717) is 22.7 Å². The monoisotopic (exact) mass is 364 g/mol. The highest BCUT2D eigenvalue weighted by atomic mass is 35.5. The second kappa shape index (κ2) is 6.26. The van der Waals surface area contributed by atoms with E-state index in [0.717, 1.165) is 5.56 Å². The molecule has 0 saturated carbocycles. The van der Waals surface area contributed by atoms with Gasteiger partial charge >= 0.3 is 6.03 Å². The minimum absolute atomic E-state index is 0.0491. The first-order valence-corrected chi connectivity index (χ1v) is 8.92. The summed E-state index contributed by atoms with van der Waals surface area (Å²) >= 11 is 5.74. The summed E-state index contributed by atoms with van der Waals surface area (Å²) < 4.78 is 26.5. The summed E-state index contributed by atoms with van der Waals surface area (Å²) in [5.41, 5.74) is 1.91. The molecule has 0 heterocycles. The molecule has 0 bridgehead atoms. The summed E-state index contributed by atoms with van der Waals surface area (Å²) in [6.07, 6.45) is 0.538. The normalized spacial score (nSPS) is 13.5. The lowest BCUT2D eigenvalue weighted by atomic mass is 10.1. The van der Waals surface area contributed by atoms with Gasteiger partial charge in [-0.25, -0.2) is 17.9 Å². The van der Waals surface area contributed by atoms with Crippen molar-refractivity contribution in [2.75, 3.05) is 5.32 Å². The third kappa shape index (κ3) is 3.58. The van der Waals surface area contributed by atoms with Crippen LogP contribution >= 0.6 is 11.6 Å². The number of urea groups is 1. The number of carbonyl (C=O) groups excluding carboxylic acids is 2. The van der Waals surface area contributed by atoms with Crippen molar-refractivity contribution in [3.63, 3.8) is 0 Å². The molecule has 124 valence electrons. The number of benzene rings is 2. The number of carbonyl (C=O) groups is 2. The molecular formula is C16H13ClN2O4S. The van der Waals surface area contributed by atoms with Crippen molar-refractivity contribution in [3.8, 4) is 0 Å². The van der Waals surface area contributed by atoms with Crippen LogP contribution in [0.1, 0.15) is 11.1 Å². The number of Topliss-reactive ketones (excluding diaryl/α,β-unsaturated/α-hetero) is 1. The molecule has 8 heteroatoms.